The summed E-state index contributed by atoms with van der Waals surface area (Å²) in [6, 6.07) is 0.268. The van der Waals surface area contributed by atoms with E-state index in [1.165, 1.54) is 6.92 Å². The van der Waals surface area contributed by atoms with Crippen LogP contribution in [0.1, 0.15) is 32.6 Å². The maximum atomic E-state index is 10.6. The van der Waals surface area contributed by atoms with E-state index >= 15 is 0 Å². The lowest BCUT2D eigenvalue weighted by Crippen LogP contribution is -2.34. The zero-order valence-electron chi connectivity index (χ0n) is 7.79. The van der Waals surface area contributed by atoms with Crippen molar-refractivity contribution in [1.82, 2.24) is 5.32 Å². The molecule has 0 saturated heterocycles. The molecule has 0 heterocycles. The summed E-state index contributed by atoms with van der Waals surface area (Å²) >= 11 is 0. The SMILES string of the molecule is CC(=O)O[C@H]1CC[C@H](NC=O)CC1. The second-order valence-electron chi connectivity index (χ2n) is 3.37. The van der Waals surface area contributed by atoms with Crippen LogP contribution in [0, 0.1) is 0 Å². The van der Waals surface area contributed by atoms with Crippen molar-refractivity contribution in [2.45, 2.75) is 44.8 Å². The van der Waals surface area contributed by atoms with Crippen molar-refractivity contribution in [2.24, 2.45) is 0 Å². The third-order valence-corrected chi connectivity index (χ3v) is 2.31. The van der Waals surface area contributed by atoms with Crippen molar-refractivity contribution in [3.8, 4) is 0 Å². The maximum Gasteiger partial charge on any atom is 0.302 e. The number of carbonyl (C=O) groups excluding carboxylic acids is 2. The highest BCUT2D eigenvalue weighted by atomic mass is 16.5. The molecule has 0 aromatic heterocycles. The molecule has 0 aromatic rings. The minimum atomic E-state index is -0.216. The fourth-order valence-corrected chi connectivity index (χ4v) is 1.68. The van der Waals surface area contributed by atoms with Crippen LogP contribution in [0.4, 0.5) is 0 Å². The normalized spacial score (nSPS) is 27.8. The average Bonchev–Trinajstić information content (AvgIpc) is 2.08. The summed E-state index contributed by atoms with van der Waals surface area (Å²) in [6.07, 6.45) is 4.29. The quantitative estimate of drug-likeness (QED) is 0.517. The van der Waals surface area contributed by atoms with Gasteiger partial charge in [0, 0.05) is 13.0 Å². The minimum absolute atomic E-state index is 0.0576. The van der Waals surface area contributed by atoms with E-state index in [-0.39, 0.29) is 18.1 Å². The Morgan fingerprint density at radius 1 is 1.38 bits per heavy atom. The van der Waals surface area contributed by atoms with Gasteiger partial charge in [0.1, 0.15) is 6.10 Å². The second kappa shape index (κ2) is 4.84. The van der Waals surface area contributed by atoms with E-state index in [1.807, 2.05) is 0 Å². The van der Waals surface area contributed by atoms with Gasteiger partial charge in [0.15, 0.2) is 0 Å². The van der Waals surface area contributed by atoms with Gasteiger partial charge in [0.2, 0.25) is 6.41 Å². The summed E-state index contributed by atoms with van der Waals surface area (Å²) in [7, 11) is 0. The topological polar surface area (TPSA) is 55.4 Å². The molecule has 0 radical (unpaired) electrons. The Morgan fingerprint density at radius 2 is 2.00 bits per heavy atom. The molecule has 1 saturated carbocycles. The van der Waals surface area contributed by atoms with Crippen molar-refractivity contribution >= 4 is 12.4 Å². The molecule has 1 aliphatic carbocycles. The van der Waals surface area contributed by atoms with Crippen LogP contribution in [0.15, 0.2) is 0 Å². The molecule has 0 bridgehead atoms. The van der Waals surface area contributed by atoms with Crippen molar-refractivity contribution in [2.75, 3.05) is 0 Å². The van der Waals surface area contributed by atoms with Crippen molar-refractivity contribution in [1.29, 1.82) is 0 Å². The largest absolute Gasteiger partial charge is 0.463 e. The molecule has 13 heavy (non-hydrogen) atoms. The molecule has 1 rings (SSSR count). The van der Waals surface area contributed by atoms with Crippen LogP contribution in [-0.4, -0.2) is 24.5 Å². The summed E-state index contributed by atoms with van der Waals surface area (Å²) in [5.41, 5.74) is 0. The van der Waals surface area contributed by atoms with Gasteiger partial charge in [-0.2, -0.15) is 0 Å². The number of rotatable bonds is 3. The summed E-state index contributed by atoms with van der Waals surface area (Å²) in [5.74, 6) is -0.216. The Morgan fingerprint density at radius 3 is 2.46 bits per heavy atom. The highest BCUT2D eigenvalue weighted by molar-refractivity contribution is 5.66. The van der Waals surface area contributed by atoms with Crippen molar-refractivity contribution in [3.63, 3.8) is 0 Å². The van der Waals surface area contributed by atoms with Crippen LogP contribution in [0.5, 0.6) is 0 Å². The zero-order valence-corrected chi connectivity index (χ0v) is 7.79. The Hall–Kier alpha value is -1.06. The van der Waals surface area contributed by atoms with Crippen LogP contribution < -0.4 is 5.32 Å². The fourth-order valence-electron chi connectivity index (χ4n) is 1.68. The van der Waals surface area contributed by atoms with E-state index in [0.29, 0.717) is 0 Å². The first-order valence-corrected chi connectivity index (χ1v) is 4.59. The maximum absolute atomic E-state index is 10.6. The van der Waals surface area contributed by atoms with Gasteiger partial charge in [-0.15, -0.1) is 0 Å². The molecule has 0 spiro atoms. The Kier molecular flexibility index (Phi) is 3.73. The number of hydrogen-bond acceptors (Lipinski definition) is 3. The molecule has 0 aromatic carbocycles. The van der Waals surface area contributed by atoms with Crippen LogP contribution in [0.25, 0.3) is 0 Å². The highest BCUT2D eigenvalue weighted by Crippen LogP contribution is 2.20. The van der Waals surface area contributed by atoms with Gasteiger partial charge in [0.05, 0.1) is 0 Å². The monoisotopic (exact) mass is 185 g/mol. The van der Waals surface area contributed by atoms with Gasteiger partial charge in [-0.25, -0.2) is 0 Å². The minimum Gasteiger partial charge on any atom is -0.463 e. The molecule has 1 amide bonds. The molecular formula is C9H15NO3. The lowest BCUT2D eigenvalue weighted by molar-refractivity contribution is -0.148. The van der Waals surface area contributed by atoms with Crippen molar-refractivity contribution < 1.29 is 14.3 Å². The van der Waals surface area contributed by atoms with Crippen LogP contribution >= 0.6 is 0 Å². The van der Waals surface area contributed by atoms with Crippen LogP contribution in [0.3, 0.4) is 0 Å². The first-order valence-electron chi connectivity index (χ1n) is 4.59. The van der Waals surface area contributed by atoms with E-state index in [2.05, 4.69) is 5.32 Å². The molecule has 0 unspecified atom stereocenters. The summed E-state index contributed by atoms with van der Waals surface area (Å²) in [5, 5.41) is 2.74. The molecular weight excluding hydrogens is 170 g/mol. The van der Waals surface area contributed by atoms with Crippen molar-refractivity contribution in [3.05, 3.63) is 0 Å². The Bertz CT molecular complexity index is 185. The van der Waals surface area contributed by atoms with Gasteiger partial charge in [0.25, 0.3) is 0 Å². The lowest BCUT2D eigenvalue weighted by atomic mass is 9.93. The molecule has 1 fully saturated rings. The van der Waals surface area contributed by atoms with E-state index in [9.17, 15) is 9.59 Å². The van der Waals surface area contributed by atoms with Crippen LogP contribution in [0.2, 0.25) is 0 Å². The number of amides is 1. The second-order valence-corrected chi connectivity index (χ2v) is 3.37. The average molecular weight is 185 g/mol. The molecule has 4 heteroatoms. The lowest BCUT2D eigenvalue weighted by Gasteiger charge is -2.27. The number of hydrogen-bond donors (Lipinski definition) is 1. The summed E-state index contributed by atoms with van der Waals surface area (Å²) in [6.45, 7) is 1.43. The van der Waals surface area contributed by atoms with Gasteiger partial charge >= 0.3 is 5.97 Å². The van der Waals surface area contributed by atoms with E-state index < -0.39 is 0 Å². The zero-order chi connectivity index (χ0) is 9.68. The number of ether oxygens (including phenoxy) is 1. The molecule has 0 atom stereocenters. The molecule has 1 N–H and O–H groups in total. The Balaban J connectivity index is 2.22. The highest BCUT2D eigenvalue weighted by Gasteiger charge is 2.22. The molecule has 74 valence electrons. The van der Waals surface area contributed by atoms with E-state index in [4.69, 9.17) is 4.74 Å². The van der Waals surface area contributed by atoms with Gasteiger partial charge in [-0.05, 0) is 25.7 Å². The standard InChI is InChI=1S/C9H15NO3/c1-7(12)13-9-4-2-8(3-5-9)10-6-11/h6,8-9H,2-5H2,1H3,(H,10,11)/t8-,9-. The Labute approximate surface area is 77.6 Å². The van der Waals surface area contributed by atoms with Gasteiger partial charge in [-0.1, -0.05) is 0 Å². The number of carbonyl (C=O) groups is 2. The summed E-state index contributed by atoms with van der Waals surface area (Å²) in [4.78, 5) is 20.8. The third kappa shape index (κ3) is 3.44. The number of nitrogens with one attached hydrogen (secondary N) is 1. The molecule has 4 nitrogen and oxygen atoms in total. The van der Waals surface area contributed by atoms with E-state index in [0.717, 1.165) is 32.1 Å². The predicted octanol–water partition coefficient (Wildman–Crippen LogP) is 0.607. The first-order chi connectivity index (χ1) is 6.22. The summed E-state index contributed by atoms with van der Waals surface area (Å²) < 4.78 is 5.06. The third-order valence-electron chi connectivity index (χ3n) is 2.31. The van der Waals surface area contributed by atoms with E-state index in [1.54, 1.807) is 0 Å². The van der Waals surface area contributed by atoms with Crippen LogP contribution in [-0.2, 0) is 14.3 Å². The fraction of sp³-hybridized carbons (Fsp3) is 0.778. The molecule has 0 aliphatic heterocycles. The first kappa shape index (κ1) is 10.0. The predicted molar refractivity (Wildman–Crippen MR) is 47.0 cm³/mol. The number of esters is 1. The van der Waals surface area contributed by atoms with Gasteiger partial charge < -0.3 is 10.1 Å². The van der Waals surface area contributed by atoms with Gasteiger partial charge in [-0.3, -0.25) is 9.59 Å². The molecule has 1 aliphatic rings. The smallest absolute Gasteiger partial charge is 0.302 e.